The van der Waals surface area contributed by atoms with Crippen LogP contribution in [0.5, 0.6) is 5.75 Å². The summed E-state index contributed by atoms with van der Waals surface area (Å²) >= 11 is 5.94. The molecular formula is C24H26Cl2N2O5S. The van der Waals surface area contributed by atoms with Crippen molar-refractivity contribution < 1.29 is 23.4 Å². The minimum Gasteiger partial charge on any atom is -0.506 e. The number of nitrogens with one attached hydrogen (secondary N) is 1. The number of aryl methyl sites for hydroxylation is 1. The summed E-state index contributed by atoms with van der Waals surface area (Å²) in [6, 6.07) is 16.0. The lowest BCUT2D eigenvalue weighted by molar-refractivity contribution is 0.0997. The molecule has 0 heterocycles. The Bertz CT molecular complexity index is 1260. The van der Waals surface area contributed by atoms with Crippen molar-refractivity contribution in [3.63, 3.8) is 0 Å². The van der Waals surface area contributed by atoms with Gasteiger partial charge in [-0.3, -0.25) is 4.79 Å². The highest BCUT2D eigenvalue weighted by Gasteiger charge is 2.25. The second-order valence-electron chi connectivity index (χ2n) is 7.70. The minimum atomic E-state index is -4.05. The van der Waals surface area contributed by atoms with E-state index in [1.54, 1.807) is 43.3 Å². The van der Waals surface area contributed by atoms with Gasteiger partial charge in [-0.15, -0.1) is 12.4 Å². The van der Waals surface area contributed by atoms with Crippen LogP contribution in [0.4, 0.5) is 0 Å². The molecule has 7 nitrogen and oxygen atoms in total. The molecule has 5 N–H and O–H groups in total. The largest absolute Gasteiger partial charge is 0.506 e. The minimum absolute atomic E-state index is 0. The van der Waals surface area contributed by atoms with Crippen LogP contribution in [0.25, 0.3) is 0 Å². The van der Waals surface area contributed by atoms with Gasteiger partial charge in [0.25, 0.3) is 5.91 Å². The van der Waals surface area contributed by atoms with E-state index >= 15 is 0 Å². The zero-order valence-corrected chi connectivity index (χ0v) is 20.8. The molecule has 3 rings (SSSR count). The van der Waals surface area contributed by atoms with Gasteiger partial charge in [-0.1, -0.05) is 35.9 Å². The average Bonchev–Trinajstić information content (AvgIpc) is 2.78. The number of amides is 1. The van der Waals surface area contributed by atoms with E-state index in [-0.39, 0.29) is 27.8 Å². The van der Waals surface area contributed by atoms with E-state index in [9.17, 15) is 23.4 Å². The molecule has 3 aromatic carbocycles. The third kappa shape index (κ3) is 6.49. The summed E-state index contributed by atoms with van der Waals surface area (Å²) in [6.07, 6.45) is -0.0760. The van der Waals surface area contributed by atoms with Crippen molar-refractivity contribution in [3.05, 3.63) is 87.9 Å². The van der Waals surface area contributed by atoms with Gasteiger partial charge in [-0.25, -0.2) is 8.42 Å². The Morgan fingerprint density at radius 3 is 2.41 bits per heavy atom. The maximum atomic E-state index is 13.0. The van der Waals surface area contributed by atoms with Gasteiger partial charge in [-0.05, 0) is 73.0 Å². The Morgan fingerprint density at radius 2 is 1.79 bits per heavy atom. The normalized spacial score (nSPS) is 12.1. The number of hydrogen-bond acceptors (Lipinski definition) is 6. The lowest BCUT2D eigenvalue weighted by Gasteiger charge is -2.13. The number of nitrogens with two attached hydrogens (primary N) is 1. The monoisotopic (exact) mass is 524 g/mol. The number of benzene rings is 3. The van der Waals surface area contributed by atoms with Crippen LogP contribution in [0.2, 0.25) is 5.02 Å². The van der Waals surface area contributed by atoms with E-state index < -0.39 is 27.6 Å². The molecule has 0 spiro atoms. The van der Waals surface area contributed by atoms with Crippen molar-refractivity contribution in [1.82, 2.24) is 5.32 Å². The zero-order valence-electron chi connectivity index (χ0n) is 18.4. The molecule has 0 bridgehead atoms. The van der Waals surface area contributed by atoms with Crippen LogP contribution in [0.1, 0.15) is 33.2 Å². The van der Waals surface area contributed by atoms with E-state index in [0.717, 1.165) is 11.1 Å². The number of halogens is 2. The molecule has 0 radical (unpaired) electrons. The summed E-state index contributed by atoms with van der Waals surface area (Å²) in [5.74, 6) is -1.56. The molecule has 0 aliphatic rings. The van der Waals surface area contributed by atoms with Crippen molar-refractivity contribution in [1.29, 1.82) is 0 Å². The molecule has 0 aliphatic carbocycles. The van der Waals surface area contributed by atoms with Crippen LogP contribution in [-0.2, 0) is 16.3 Å². The number of sulfone groups is 1. The summed E-state index contributed by atoms with van der Waals surface area (Å²) in [6.45, 7) is 2.54. The number of phenols is 1. The smallest absolute Gasteiger partial charge is 0.252 e. The molecule has 1 atom stereocenters. The molecule has 10 heteroatoms. The van der Waals surface area contributed by atoms with Gasteiger partial charge in [-0.2, -0.15) is 0 Å². The number of hydrogen-bond donors (Lipinski definition) is 4. The van der Waals surface area contributed by atoms with E-state index in [1.165, 1.54) is 24.3 Å². The lowest BCUT2D eigenvalue weighted by atomic mass is 10.1. The van der Waals surface area contributed by atoms with Gasteiger partial charge in [0.15, 0.2) is 0 Å². The predicted molar refractivity (Wildman–Crippen MR) is 133 cm³/mol. The molecule has 0 aliphatic heterocycles. The Morgan fingerprint density at radius 1 is 1.12 bits per heavy atom. The maximum Gasteiger partial charge on any atom is 0.252 e. The topological polar surface area (TPSA) is 130 Å². The van der Waals surface area contributed by atoms with Crippen molar-refractivity contribution >= 4 is 39.8 Å². The third-order valence-electron chi connectivity index (χ3n) is 5.17. The standard InChI is InChI=1S/C24H25ClN2O5S.ClH/c1-15-11-20(24(26)30)23(29)22(12-15)33(31,32)19-7-5-16(6-8-19)9-10-27-14-21(28)17-3-2-4-18(25)13-17;/h2-8,11-13,21,27-29H,9-10,14H2,1H3,(H2,26,30);1H/t21-;/m1./s1. The fourth-order valence-electron chi connectivity index (χ4n) is 3.40. The molecule has 3 aromatic rings. The highest BCUT2D eigenvalue weighted by molar-refractivity contribution is 7.91. The van der Waals surface area contributed by atoms with Gasteiger partial charge in [0.2, 0.25) is 9.84 Å². The van der Waals surface area contributed by atoms with Gasteiger partial charge < -0.3 is 21.3 Å². The molecule has 0 unspecified atom stereocenters. The molecule has 1 amide bonds. The van der Waals surface area contributed by atoms with Crippen LogP contribution in [0.15, 0.2) is 70.5 Å². The number of primary amides is 1. The molecule has 0 saturated heterocycles. The number of aliphatic hydroxyl groups excluding tert-OH is 1. The van der Waals surface area contributed by atoms with Crippen molar-refractivity contribution in [3.8, 4) is 5.75 Å². The summed E-state index contributed by atoms with van der Waals surface area (Å²) in [7, 11) is -4.05. The Balaban J connectivity index is 0.00000408. The van der Waals surface area contributed by atoms with Crippen LogP contribution in [0, 0.1) is 6.92 Å². The molecule has 0 saturated carbocycles. The first-order valence-electron chi connectivity index (χ1n) is 10.2. The van der Waals surface area contributed by atoms with Crippen LogP contribution < -0.4 is 11.1 Å². The van der Waals surface area contributed by atoms with Crippen molar-refractivity contribution in [2.45, 2.75) is 29.2 Å². The molecule has 0 aromatic heterocycles. The summed E-state index contributed by atoms with van der Waals surface area (Å²) in [4.78, 5) is 11.2. The highest BCUT2D eigenvalue weighted by Crippen LogP contribution is 2.32. The second-order valence-corrected chi connectivity index (χ2v) is 10.1. The molecule has 34 heavy (non-hydrogen) atoms. The van der Waals surface area contributed by atoms with E-state index in [1.807, 2.05) is 0 Å². The fraction of sp³-hybridized carbons (Fsp3) is 0.208. The first kappa shape index (κ1) is 27.6. The average molecular weight is 525 g/mol. The van der Waals surface area contributed by atoms with Crippen LogP contribution >= 0.6 is 24.0 Å². The first-order valence-corrected chi connectivity index (χ1v) is 12.1. The van der Waals surface area contributed by atoms with Crippen LogP contribution in [-0.4, -0.2) is 37.6 Å². The van der Waals surface area contributed by atoms with E-state index in [0.29, 0.717) is 30.1 Å². The van der Waals surface area contributed by atoms with Gasteiger partial charge in [0.05, 0.1) is 16.6 Å². The molecule has 182 valence electrons. The summed E-state index contributed by atoms with van der Waals surface area (Å²) < 4.78 is 26.1. The lowest BCUT2D eigenvalue weighted by Crippen LogP contribution is -2.23. The number of aliphatic hydroxyl groups is 1. The number of carbonyl (C=O) groups is 1. The number of carbonyl (C=O) groups excluding carboxylic acids is 1. The van der Waals surface area contributed by atoms with Crippen molar-refractivity contribution in [2.24, 2.45) is 5.73 Å². The maximum absolute atomic E-state index is 13.0. The van der Waals surface area contributed by atoms with E-state index in [2.05, 4.69) is 5.32 Å². The first-order chi connectivity index (χ1) is 15.6. The van der Waals surface area contributed by atoms with E-state index in [4.69, 9.17) is 17.3 Å². The summed E-state index contributed by atoms with van der Waals surface area (Å²) in [5.41, 5.74) is 7.12. The van der Waals surface area contributed by atoms with Gasteiger partial charge >= 0.3 is 0 Å². The Labute approximate surface area is 209 Å². The number of rotatable bonds is 9. The van der Waals surface area contributed by atoms with Gasteiger partial charge in [0.1, 0.15) is 10.6 Å². The Kier molecular flexibility index (Phi) is 9.49. The predicted octanol–water partition coefficient (Wildman–Crippen LogP) is 3.57. The fourth-order valence-corrected chi connectivity index (χ4v) is 5.06. The highest BCUT2D eigenvalue weighted by atomic mass is 35.5. The Hall–Kier alpha value is -2.62. The second kappa shape index (κ2) is 11.7. The quantitative estimate of drug-likeness (QED) is 0.316. The van der Waals surface area contributed by atoms with Crippen molar-refractivity contribution in [2.75, 3.05) is 13.1 Å². The van der Waals surface area contributed by atoms with Gasteiger partial charge in [0, 0.05) is 11.6 Å². The van der Waals surface area contributed by atoms with Crippen LogP contribution in [0.3, 0.4) is 0 Å². The molecular weight excluding hydrogens is 499 g/mol. The zero-order chi connectivity index (χ0) is 24.2. The number of aromatic hydroxyl groups is 1. The SMILES string of the molecule is Cc1cc(C(N)=O)c(O)c(S(=O)(=O)c2ccc(CCNC[C@@H](O)c3cccc(Cl)c3)cc2)c1.Cl. The third-order valence-corrected chi connectivity index (χ3v) is 7.19. The summed E-state index contributed by atoms with van der Waals surface area (Å²) in [5, 5.41) is 24.3. The molecule has 0 fully saturated rings.